The maximum Gasteiger partial charge on any atom is 0.0426 e. The van der Waals surface area contributed by atoms with E-state index in [0.717, 1.165) is 24.7 Å². The summed E-state index contributed by atoms with van der Waals surface area (Å²) in [6.45, 7) is 11.7. The Morgan fingerprint density at radius 1 is 1.28 bits per heavy atom. The molecule has 1 aromatic rings. The molecule has 0 aromatic heterocycles. The van der Waals surface area contributed by atoms with Gasteiger partial charge in [-0.15, -0.1) is 0 Å². The Kier molecular flexibility index (Phi) is 5.48. The minimum absolute atomic E-state index is 0.270. The molecule has 102 valence electrons. The van der Waals surface area contributed by atoms with Crippen molar-refractivity contribution in [3.8, 4) is 0 Å². The lowest BCUT2D eigenvalue weighted by Gasteiger charge is -2.30. The second-order valence-corrected chi connectivity index (χ2v) is 6.41. The number of hydrogen-bond donors (Lipinski definition) is 1. The van der Waals surface area contributed by atoms with Gasteiger partial charge in [0.1, 0.15) is 0 Å². The second kappa shape index (κ2) is 6.44. The number of benzene rings is 1. The first-order valence-electron chi connectivity index (χ1n) is 6.54. The second-order valence-electron chi connectivity index (χ2n) is 5.97. The highest BCUT2D eigenvalue weighted by Gasteiger charge is 2.16. The molecule has 0 aliphatic heterocycles. The molecule has 1 rings (SSSR count). The highest BCUT2D eigenvalue weighted by atomic mass is 35.5. The molecule has 0 saturated heterocycles. The average molecular weight is 269 g/mol. The van der Waals surface area contributed by atoms with E-state index in [1.165, 1.54) is 11.3 Å². The van der Waals surface area contributed by atoms with Gasteiger partial charge in [0.15, 0.2) is 0 Å². The Morgan fingerprint density at radius 3 is 2.50 bits per heavy atom. The maximum absolute atomic E-state index is 6.12. The molecule has 0 spiro atoms. The molecular formula is C15H25ClN2. The first-order chi connectivity index (χ1) is 8.33. The molecule has 0 aliphatic rings. The van der Waals surface area contributed by atoms with Gasteiger partial charge in [0.25, 0.3) is 0 Å². The molecule has 2 nitrogen and oxygen atoms in total. The van der Waals surface area contributed by atoms with Crippen molar-refractivity contribution in [2.24, 2.45) is 5.41 Å². The summed E-state index contributed by atoms with van der Waals surface area (Å²) in [6, 6.07) is 6.13. The number of anilines is 1. The maximum atomic E-state index is 6.12. The molecule has 0 atom stereocenters. The van der Waals surface area contributed by atoms with E-state index < -0.39 is 0 Å². The van der Waals surface area contributed by atoms with Crippen LogP contribution in [-0.2, 0) is 6.54 Å². The smallest absolute Gasteiger partial charge is 0.0426 e. The Morgan fingerprint density at radius 2 is 1.94 bits per heavy atom. The molecule has 0 radical (unpaired) electrons. The summed E-state index contributed by atoms with van der Waals surface area (Å²) in [5.74, 6) is 0. The summed E-state index contributed by atoms with van der Waals surface area (Å²) in [4.78, 5) is 2.29. The molecule has 18 heavy (non-hydrogen) atoms. The Balaban J connectivity index is 2.93. The van der Waals surface area contributed by atoms with Gasteiger partial charge in [0, 0.05) is 30.8 Å². The van der Waals surface area contributed by atoms with Crippen molar-refractivity contribution in [2.75, 3.05) is 25.0 Å². The van der Waals surface area contributed by atoms with E-state index in [1.54, 1.807) is 0 Å². The van der Waals surface area contributed by atoms with Crippen LogP contribution >= 0.6 is 11.6 Å². The zero-order chi connectivity index (χ0) is 13.8. The molecule has 0 saturated carbocycles. The fourth-order valence-electron chi connectivity index (χ4n) is 2.10. The van der Waals surface area contributed by atoms with E-state index in [1.807, 2.05) is 6.07 Å². The number of rotatable bonds is 5. The lowest BCUT2D eigenvalue weighted by atomic mass is 9.95. The monoisotopic (exact) mass is 268 g/mol. The van der Waals surface area contributed by atoms with Crippen LogP contribution in [0.5, 0.6) is 0 Å². The van der Waals surface area contributed by atoms with Crippen LogP contribution < -0.4 is 10.2 Å². The fraction of sp³-hybridized carbons (Fsp3) is 0.600. The predicted molar refractivity (Wildman–Crippen MR) is 81.6 cm³/mol. The topological polar surface area (TPSA) is 15.3 Å². The lowest BCUT2D eigenvalue weighted by molar-refractivity contribution is 0.418. The molecule has 1 aromatic carbocycles. The van der Waals surface area contributed by atoms with Crippen molar-refractivity contribution in [3.63, 3.8) is 0 Å². The van der Waals surface area contributed by atoms with Gasteiger partial charge in [0.2, 0.25) is 0 Å². The molecule has 0 heterocycles. The van der Waals surface area contributed by atoms with Crippen molar-refractivity contribution in [1.29, 1.82) is 0 Å². The normalized spacial score (nSPS) is 11.7. The van der Waals surface area contributed by atoms with Crippen molar-refractivity contribution in [2.45, 2.75) is 34.2 Å². The van der Waals surface area contributed by atoms with Crippen molar-refractivity contribution in [1.82, 2.24) is 5.32 Å². The van der Waals surface area contributed by atoms with Crippen LogP contribution in [0.2, 0.25) is 5.02 Å². The quantitative estimate of drug-likeness (QED) is 0.870. The van der Waals surface area contributed by atoms with E-state index in [-0.39, 0.29) is 5.41 Å². The molecule has 0 aliphatic carbocycles. The van der Waals surface area contributed by atoms with Gasteiger partial charge in [-0.2, -0.15) is 0 Å². The van der Waals surface area contributed by atoms with E-state index in [0.29, 0.717) is 0 Å². The number of nitrogens with one attached hydrogen (secondary N) is 1. The SMILES string of the molecule is CCNCc1ccc(Cl)cc1N(C)CC(C)(C)C. The predicted octanol–water partition coefficient (Wildman–Crippen LogP) is 3.93. The minimum atomic E-state index is 0.270. The van der Waals surface area contributed by atoms with Gasteiger partial charge in [0.05, 0.1) is 0 Å². The minimum Gasteiger partial charge on any atom is -0.374 e. The Labute approximate surface area is 116 Å². The molecule has 0 amide bonds. The third-order valence-electron chi connectivity index (χ3n) is 2.74. The van der Waals surface area contributed by atoms with Crippen LogP contribution in [0, 0.1) is 5.41 Å². The zero-order valence-electron chi connectivity index (χ0n) is 12.2. The van der Waals surface area contributed by atoms with Crippen LogP contribution in [0.25, 0.3) is 0 Å². The van der Waals surface area contributed by atoms with E-state index in [2.05, 4.69) is 57.1 Å². The highest BCUT2D eigenvalue weighted by Crippen LogP contribution is 2.27. The summed E-state index contributed by atoms with van der Waals surface area (Å²) in [6.07, 6.45) is 0. The molecular weight excluding hydrogens is 244 g/mol. The highest BCUT2D eigenvalue weighted by molar-refractivity contribution is 6.30. The third-order valence-corrected chi connectivity index (χ3v) is 2.97. The largest absolute Gasteiger partial charge is 0.374 e. The fourth-order valence-corrected chi connectivity index (χ4v) is 2.26. The third kappa shape index (κ3) is 4.87. The summed E-state index contributed by atoms with van der Waals surface area (Å²) < 4.78 is 0. The van der Waals surface area contributed by atoms with Crippen molar-refractivity contribution >= 4 is 17.3 Å². The van der Waals surface area contributed by atoms with E-state index >= 15 is 0 Å². The number of halogens is 1. The number of nitrogens with zero attached hydrogens (tertiary/aromatic N) is 1. The van der Waals surface area contributed by atoms with Gasteiger partial charge in [-0.1, -0.05) is 45.4 Å². The molecule has 0 unspecified atom stereocenters. The molecule has 0 bridgehead atoms. The Hall–Kier alpha value is -0.730. The van der Waals surface area contributed by atoms with Crippen LogP contribution in [0.1, 0.15) is 33.3 Å². The van der Waals surface area contributed by atoms with Crippen LogP contribution in [0.15, 0.2) is 18.2 Å². The lowest BCUT2D eigenvalue weighted by Crippen LogP contribution is -2.30. The summed E-state index contributed by atoms with van der Waals surface area (Å²) in [7, 11) is 2.13. The van der Waals surface area contributed by atoms with Crippen molar-refractivity contribution in [3.05, 3.63) is 28.8 Å². The van der Waals surface area contributed by atoms with E-state index in [4.69, 9.17) is 11.6 Å². The van der Waals surface area contributed by atoms with Gasteiger partial charge < -0.3 is 10.2 Å². The van der Waals surface area contributed by atoms with Crippen LogP contribution in [-0.4, -0.2) is 20.1 Å². The summed E-state index contributed by atoms with van der Waals surface area (Å²) in [5.41, 5.74) is 2.79. The first kappa shape index (κ1) is 15.3. The van der Waals surface area contributed by atoms with Gasteiger partial charge in [-0.05, 0) is 29.7 Å². The molecule has 0 fully saturated rings. The van der Waals surface area contributed by atoms with Gasteiger partial charge >= 0.3 is 0 Å². The average Bonchev–Trinajstić information content (AvgIpc) is 2.25. The van der Waals surface area contributed by atoms with Crippen LogP contribution in [0.4, 0.5) is 5.69 Å². The summed E-state index contributed by atoms with van der Waals surface area (Å²) >= 11 is 6.12. The molecule has 1 N–H and O–H groups in total. The number of hydrogen-bond acceptors (Lipinski definition) is 2. The van der Waals surface area contributed by atoms with Crippen molar-refractivity contribution < 1.29 is 0 Å². The molecule has 3 heteroatoms. The van der Waals surface area contributed by atoms with Crippen LogP contribution in [0.3, 0.4) is 0 Å². The van der Waals surface area contributed by atoms with Gasteiger partial charge in [-0.3, -0.25) is 0 Å². The first-order valence-corrected chi connectivity index (χ1v) is 6.91. The zero-order valence-corrected chi connectivity index (χ0v) is 12.9. The van der Waals surface area contributed by atoms with E-state index in [9.17, 15) is 0 Å². The van der Waals surface area contributed by atoms with Gasteiger partial charge in [-0.25, -0.2) is 0 Å². The Bertz CT molecular complexity index is 383. The standard InChI is InChI=1S/C15H25ClN2/c1-6-17-10-12-7-8-13(16)9-14(12)18(5)11-15(2,3)4/h7-9,17H,6,10-11H2,1-5H3. The summed E-state index contributed by atoms with van der Waals surface area (Å²) in [5, 5.41) is 4.17.